The van der Waals surface area contributed by atoms with Crippen LogP contribution >= 0.6 is 0 Å². The van der Waals surface area contributed by atoms with E-state index in [2.05, 4.69) is 4.74 Å². The quantitative estimate of drug-likeness (QED) is 0.599. The fraction of sp³-hybridized carbons (Fsp3) is 0.429. The molecule has 0 aromatic heterocycles. The Labute approximate surface area is 117 Å². The molecule has 0 amide bonds. The number of benzene rings is 1. The number of Topliss-reactive ketones (excluding diaryl/α,β-unsaturated/α-hetero) is 1. The van der Waals surface area contributed by atoms with E-state index in [-0.39, 0.29) is 12.8 Å². The van der Waals surface area contributed by atoms with Gasteiger partial charge in [-0.15, -0.1) is 0 Å². The van der Waals surface area contributed by atoms with Crippen LogP contribution in [0.3, 0.4) is 0 Å². The van der Waals surface area contributed by atoms with Crippen molar-refractivity contribution in [2.75, 3.05) is 21.3 Å². The summed E-state index contributed by atoms with van der Waals surface area (Å²) >= 11 is 0. The zero-order valence-corrected chi connectivity index (χ0v) is 11.7. The van der Waals surface area contributed by atoms with Gasteiger partial charge in [0.05, 0.1) is 27.4 Å². The maximum Gasteiger partial charge on any atom is 0.313 e. The minimum Gasteiger partial charge on any atom is -0.497 e. The molecule has 1 aromatic rings. The molecule has 0 aliphatic heterocycles. The van der Waals surface area contributed by atoms with Crippen molar-refractivity contribution in [3.8, 4) is 11.5 Å². The normalized spacial score (nSPS) is 11.6. The Bertz CT molecular complexity index is 483. The van der Waals surface area contributed by atoms with Crippen LogP contribution < -0.4 is 9.47 Å². The SMILES string of the molecule is COC(=O)CC(=O)CC(O)c1cc(OC)ccc1OC. The van der Waals surface area contributed by atoms with E-state index < -0.39 is 17.9 Å². The van der Waals surface area contributed by atoms with Gasteiger partial charge in [0.15, 0.2) is 0 Å². The number of hydrogen-bond acceptors (Lipinski definition) is 6. The van der Waals surface area contributed by atoms with Gasteiger partial charge in [-0.25, -0.2) is 0 Å². The van der Waals surface area contributed by atoms with Crippen molar-refractivity contribution in [1.82, 2.24) is 0 Å². The van der Waals surface area contributed by atoms with Crippen LogP contribution in [0.2, 0.25) is 0 Å². The Hall–Kier alpha value is -2.08. The molecule has 1 N–H and O–H groups in total. The number of ether oxygens (including phenoxy) is 3. The standard InChI is InChI=1S/C14H18O6/c1-18-10-4-5-13(19-2)11(8-10)12(16)6-9(15)7-14(17)20-3/h4-5,8,12,16H,6-7H2,1-3H3. The topological polar surface area (TPSA) is 82.1 Å². The zero-order chi connectivity index (χ0) is 15.1. The van der Waals surface area contributed by atoms with Crippen molar-refractivity contribution in [2.45, 2.75) is 18.9 Å². The minimum absolute atomic E-state index is 0.196. The summed E-state index contributed by atoms with van der Waals surface area (Å²) in [5.74, 6) is -0.0431. The molecule has 1 unspecified atom stereocenters. The number of aliphatic hydroxyl groups is 1. The second kappa shape index (κ2) is 7.49. The highest BCUT2D eigenvalue weighted by molar-refractivity contribution is 5.95. The molecule has 0 saturated carbocycles. The second-order valence-corrected chi connectivity index (χ2v) is 4.12. The van der Waals surface area contributed by atoms with Crippen molar-refractivity contribution in [2.24, 2.45) is 0 Å². The van der Waals surface area contributed by atoms with Crippen molar-refractivity contribution >= 4 is 11.8 Å². The third kappa shape index (κ3) is 4.24. The highest BCUT2D eigenvalue weighted by Gasteiger charge is 2.19. The first-order valence-corrected chi connectivity index (χ1v) is 6.00. The lowest BCUT2D eigenvalue weighted by Crippen LogP contribution is -2.13. The summed E-state index contributed by atoms with van der Waals surface area (Å²) in [5, 5.41) is 10.1. The summed E-state index contributed by atoms with van der Waals surface area (Å²) in [6.07, 6.45) is -1.63. The van der Waals surface area contributed by atoms with E-state index >= 15 is 0 Å². The molecule has 1 rings (SSSR count). The Morgan fingerprint density at radius 2 is 1.90 bits per heavy atom. The lowest BCUT2D eigenvalue weighted by molar-refractivity contribution is -0.143. The highest BCUT2D eigenvalue weighted by Crippen LogP contribution is 2.31. The largest absolute Gasteiger partial charge is 0.497 e. The second-order valence-electron chi connectivity index (χ2n) is 4.12. The van der Waals surface area contributed by atoms with Crippen LogP contribution in [0.5, 0.6) is 11.5 Å². The van der Waals surface area contributed by atoms with Crippen LogP contribution in [0.25, 0.3) is 0 Å². The summed E-state index contributed by atoms with van der Waals surface area (Å²) in [6, 6.07) is 4.92. The molecule has 0 heterocycles. The molecule has 0 saturated heterocycles. The van der Waals surface area contributed by atoms with Gasteiger partial charge >= 0.3 is 5.97 Å². The van der Waals surface area contributed by atoms with E-state index in [0.717, 1.165) is 0 Å². The highest BCUT2D eigenvalue weighted by atomic mass is 16.5. The molecule has 0 spiro atoms. The predicted molar refractivity (Wildman–Crippen MR) is 70.8 cm³/mol. The molecule has 1 atom stereocenters. The molecule has 6 nitrogen and oxygen atoms in total. The van der Waals surface area contributed by atoms with E-state index in [1.807, 2.05) is 0 Å². The van der Waals surface area contributed by atoms with Gasteiger partial charge in [-0.2, -0.15) is 0 Å². The van der Waals surface area contributed by atoms with Gasteiger partial charge in [0.25, 0.3) is 0 Å². The van der Waals surface area contributed by atoms with Crippen LogP contribution in [-0.2, 0) is 14.3 Å². The van der Waals surface area contributed by atoms with Gasteiger partial charge in [-0.3, -0.25) is 9.59 Å². The molecule has 110 valence electrons. The molecule has 0 bridgehead atoms. The fourth-order valence-electron chi connectivity index (χ4n) is 1.73. The molecule has 0 aliphatic carbocycles. The first kappa shape index (κ1) is 16.0. The third-order valence-electron chi connectivity index (χ3n) is 2.79. The minimum atomic E-state index is -1.07. The lowest BCUT2D eigenvalue weighted by Gasteiger charge is -2.15. The van der Waals surface area contributed by atoms with Crippen LogP contribution in [0.4, 0.5) is 0 Å². The first-order chi connectivity index (χ1) is 9.51. The Morgan fingerprint density at radius 1 is 1.20 bits per heavy atom. The summed E-state index contributed by atoms with van der Waals surface area (Å²) < 4.78 is 14.6. The smallest absolute Gasteiger partial charge is 0.313 e. The van der Waals surface area contributed by atoms with Gasteiger partial charge < -0.3 is 19.3 Å². The van der Waals surface area contributed by atoms with E-state index in [9.17, 15) is 14.7 Å². The number of methoxy groups -OCH3 is 3. The Morgan fingerprint density at radius 3 is 2.45 bits per heavy atom. The monoisotopic (exact) mass is 282 g/mol. The number of rotatable bonds is 7. The van der Waals surface area contributed by atoms with Gasteiger partial charge in [-0.1, -0.05) is 0 Å². The summed E-state index contributed by atoms with van der Waals surface area (Å²) in [4.78, 5) is 22.6. The van der Waals surface area contributed by atoms with Crippen LogP contribution in [0.15, 0.2) is 18.2 Å². The van der Waals surface area contributed by atoms with Crippen molar-refractivity contribution in [3.63, 3.8) is 0 Å². The number of ketones is 1. The van der Waals surface area contributed by atoms with E-state index in [4.69, 9.17) is 9.47 Å². The number of carbonyl (C=O) groups excluding carboxylic acids is 2. The molecule has 0 fully saturated rings. The predicted octanol–water partition coefficient (Wildman–Crippen LogP) is 1.26. The van der Waals surface area contributed by atoms with Gasteiger partial charge in [0.1, 0.15) is 23.7 Å². The Kier molecular flexibility index (Phi) is 5.99. The Balaban J connectivity index is 2.82. The molecule has 0 aliphatic rings. The first-order valence-electron chi connectivity index (χ1n) is 6.00. The van der Waals surface area contributed by atoms with Gasteiger partial charge in [0.2, 0.25) is 0 Å². The average molecular weight is 282 g/mol. The van der Waals surface area contributed by atoms with E-state index in [1.165, 1.54) is 21.3 Å². The zero-order valence-electron chi connectivity index (χ0n) is 11.7. The number of aliphatic hydroxyl groups excluding tert-OH is 1. The van der Waals surface area contributed by atoms with Crippen LogP contribution in [0.1, 0.15) is 24.5 Å². The fourth-order valence-corrected chi connectivity index (χ4v) is 1.73. The van der Waals surface area contributed by atoms with Gasteiger partial charge in [0, 0.05) is 12.0 Å². The number of esters is 1. The molecule has 20 heavy (non-hydrogen) atoms. The summed E-state index contributed by atoms with van der Waals surface area (Å²) in [5.41, 5.74) is 0.435. The van der Waals surface area contributed by atoms with Gasteiger partial charge in [-0.05, 0) is 18.2 Å². The lowest BCUT2D eigenvalue weighted by atomic mass is 10.0. The molecule has 6 heteroatoms. The van der Waals surface area contributed by atoms with Crippen LogP contribution in [-0.4, -0.2) is 38.2 Å². The van der Waals surface area contributed by atoms with Crippen molar-refractivity contribution in [3.05, 3.63) is 23.8 Å². The molecule has 0 radical (unpaired) electrons. The van der Waals surface area contributed by atoms with Crippen molar-refractivity contribution < 1.29 is 28.9 Å². The number of hydrogen-bond donors (Lipinski definition) is 1. The summed E-state index contributed by atoms with van der Waals surface area (Å²) in [7, 11) is 4.17. The molecular weight excluding hydrogens is 264 g/mol. The summed E-state index contributed by atoms with van der Waals surface area (Å²) in [6.45, 7) is 0. The van der Waals surface area contributed by atoms with E-state index in [0.29, 0.717) is 17.1 Å². The average Bonchev–Trinajstić information content (AvgIpc) is 2.45. The van der Waals surface area contributed by atoms with E-state index in [1.54, 1.807) is 18.2 Å². The molecule has 1 aromatic carbocycles. The van der Waals surface area contributed by atoms with Crippen LogP contribution in [0, 0.1) is 0 Å². The molecular formula is C14H18O6. The maximum atomic E-state index is 11.6. The third-order valence-corrected chi connectivity index (χ3v) is 2.79. The van der Waals surface area contributed by atoms with Crippen molar-refractivity contribution in [1.29, 1.82) is 0 Å². The number of carbonyl (C=O) groups is 2. The maximum absolute atomic E-state index is 11.6.